The van der Waals surface area contributed by atoms with Crippen molar-refractivity contribution in [1.82, 2.24) is 0 Å². The van der Waals surface area contributed by atoms with Gasteiger partial charge in [0.2, 0.25) is 0 Å². The molecule has 0 aliphatic heterocycles. The lowest BCUT2D eigenvalue weighted by Gasteiger charge is -2.12. The molecule has 0 spiro atoms. The number of nitro benzene ring substituents is 1. The number of hydrogen-bond donors (Lipinski definition) is 1. The second kappa shape index (κ2) is 6.30. The maximum atomic E-state index is 10.7. The molecule has 2 rings (SSSR count). The molecule has 110 valence electrons. The Morgan fingerprint density at radius 3 is 2.38 bits per heavy atom. The van der Waals surface area contributed by atoms with Crippen molar-refractivity contribution in [3.63, 3.8) is 0 Å². The van der Waals surface area contributed by atoms with Crippen molar-refractivity contribution in [2.45, 2.75) is 13.5 Å². The Bertz CT molecular complexity index is 682. The first-order valence-electron chi connectivity index (χ1n) is 6.03. The monoisotopic (exact) mass is 326 g/mol. The number of benzene rings is 2. The third-order valence-corrected chi connectivity index (χ3v) is 3.46. The number of aryl methyl sites for hydroxylation is 1. The highest BCUT2D eigenvalue weighted by atomic mass is 35.5. The van der Waals surface area contributed by atoms with Gasteiger partial charge in [-0.25, -0.2) is 0 Å². The average molecular weight is 327 g/mol. The number of nitrogens with zero attached hydrogens (tertiary/aromatic N) is 1. The Hall–Kier alpha value is -1.82. The Labute approximate surface area is 131 Å². The van der Waals surface area contributed by atoms with E-state index in [-0.39, 0.29) is 21.5 Å². The van der Waals surface area contributed by atoms with E-state index in [4.69, 9.17) is 33.7 Å². The summed E-state index contributed by atoms with van der Waals surface area (Å²) >= 11 is 12.0. The number of nitrogens with two attached hydrogens (primary N) is 1. The lowest BCUT2D eigenvalue weighted by atomic mass is 10.1. The van der Waals surface area contributed by atoms with Crippen LogP contribution in [0.2, 0.25) is 10.0 Å². The maximum Gasteiger partial charge on any atom is 0.272 e. The molecule has 0 saturated carbocycles. The first-order valence-corrected chi connectivity index (χ1v) is 6.79. The van der Waals surface area contributed by atoms with Gasteiger partial charge in [-0.3, -0.25) is 10.1 Å². The molecular formula is C14H12Cl2N2O3. The number of non-ortho nitro benzene ring substituents is 1. The third-order valence-electron chi connectivity index (χ3n) is 2.89. The van der Waals surface area contributed by atoms with Crippen LogP contribution in [0.25, 0.3) is 0 Å². The minimum absolute atomic E-state index is 0.0757. The third kappa shape index (κ3) is 3.44. The van der Waals surface area contributed by atoms with E-state index in [9.17, 15) is 10.1 Å². The Kier molecular flexibility index (Phi) is 4.67. The van der Waals surface area contributed by atoms with Gasteiger partial charge in [0.25, 0.3) is 5.69 Å². The summed E-state index contributed by atoms with van der Waals surface area (Å²) in [4.78, 5) is 10.2. The van der Waals surface area contributed by atoms with Gasteiger partial charge >= 0.3 is 0 Å². The zero-order valence-electron chi connectivity index (χ0n) is 11.1. The van der Waals surface area contributed by atoms with Crippen LogP contribution >= 0.6 is 23.2 Å². The molecule has 2 N–H and O–H groups in total. The number of nitro groups is 1. The van der Waals surface area contributed by atoms with E-state index in [1.165, 1.54) is 12.1 Å². The standard InChI is InChI=1S/C14H12Cl2N2O3/c1-8-2-3-9(7-17)4-13(8)21-14-11(15)5-10(18(19)20)6-12(14)16/h2-6H,7,17H2,1H3. The molecular weight excluding hydrogens is 315 g/mol. The zero-order valence-corrected chi connectivity index (χ0v) is 12.6. The van der Waals surface area contributed by atoms with Crippen molar-refractivity contribution in [2.24, 2.45) is 5.73 Å². The van der Waals surface area contributed by atoms with Crippen LogP contribution in [-0.2, 0) is 6.54 Å². The normalized spacial score (nSPS) is 10.5. The quantitative estimate of drug-likeness (QED) is 0.664. The average Bonchev–Trinajstić information content (AvgIpc) is 2.44. The van der Waals surface area contributed by atoms with Gasteiger partial charge in [0.05, 0.1) is 15.0 Å². The molecule has 0 bridgehead atoms. The van der Waals surface area contributed by atoms with E-state index < -0.39 is 4.92 Å². The molecule has 0 saturated heterocycles. The van der Waals surface area contributed by atoms with E-state index in [1.54, 1.807) is 6.07 Å². The van der Waals surface area contributed by atoms with Gasteiger partial charge in [0.1, 0.15) is 5.75 Å². The second-order valence-electron chi connectivity index (χ2n) is 4.40. The van der Waals surface area contributed by atoms with Gasteiger partial charge in [-0.1, -0.05) is 35.3 Å². The highest BCUT2D eigenvalue weighted by Gasteiger charge is 2.17. The zero-order chi connectivity index (χ0) is 15.6. The molecule has 0 radical (unpaired) electrons. The molecule has 0 fully saturated rings. The Morgan fingerprint density at radius 2 is 1.86 bits per heavy atom. The molecule has 21 heavy (non-hydrogen) atoms. The first kappa shape index (κ1) is 15.6. The van der Waals surface area contributed by atoms with Crippen molar-refractivity contribution >= 4 is 28.9 Å². The fourth-order valence-electron chi connectivity index (χ4n) is 1.74. The van der Waals surface area contributed by atoms with Crippen LogP contribution in [0.1, 0.15) is 11.1 Å². The van der Waals surface area contributed by atoms with Crippen LogP contribution in [0.15, 0.2) is 30.3 Å². The summed E-state index contributed by atoms with van der Waals surface area (Å²) < 4.78 is 5.71. The van der Waals surface area contributed by atoms with Crippen molar-refractivity contribution in [3.8, 4) is 11.5 Å². The number of halogens is 2. The summed E-state index contributed by atoms with van der Waals surface area (Å²) in [5.74, 6) is 0.733. The fraction of sp³-hybridized carbons (Fsp3) is 0.143. The molecule has 0 aliphatic rings. The Morgan fingerprint density at radius 1 is 1.24 bits per heavy atom. The van der Waals surface area contributed by atoms with E-state index in [0.29, 0.717) is 12.3 Å². The predicted molar refractivity (Wildman–Crippen MR) is 82.3 cm³/mol. The predicted octanol–water partition coefficient (Wildman–Crippen LogP) is 4.46. The summed E-state index contributed by atoms with van der Waals surface area (Å²) in [7, 11) is 0. The SMILES string of the molecule is Cc1ccc(CN)cc1Oc1c(Cl)cc([N+](=O)[O-])cc1Cl. The van der Waals surface area contributed by atoms with Gasteiger partial charge < -0.3 is 10.5 Å². The highest BCUT2D eigenvalue weighted by molar-refractivity contribution is 6.37. The molecule has 0 heterocycles. The van der Waals surface area contributed by atoms with Crippen LogP contribution in [0, 0.1) is 17.0 Å². The Balaban J connectivity index is 2.42. The molecule has 0 aromatic heterocycles. The summed E-state index contributed by atoms with van der Waals surface area (Å²) in [5, 5.41) is 10.9. The smallest absolute Gasteiger partial charge is 0.272 e. The van der Waals surface area contributed by atoms with E-state index in [1.807, 2.05) is 19.1 Å². The first-order chi connectivity index (χ1) is 9.92. The van der Waals surface area contributed by atoms with E-state index in [0.717, 1.165) is 11.1 Å². The minimum Gasteiger partial charge on any atom is -0.454 e. The lowest BCUT2D eigenvalue weighted by molar-refractivity contribution is -0.384. The number of ether oxygens (including phenoxy) is 1. The van der Waals surface area contributed by atoms with E-state index >= 15 is 0 Å². The van der Waals surface area contributed by atoms with Gasteiger partial charge in [-0.05, 0) is 24.1 Å². The van der Waals surface area contributed by atoms with Crippen molar-refractivity contribution in [1.29, 1.82) is 0 Å². The minimum atomic E-state index is -0.568. The van der Waals surface area contributed by atoms with Crippen LogP contribution in [0.5, 0.6) is 11.5 Å². The van der Waals surface area contributed by atoms with Gasteiger partial charge in [-0.2, -0.15) is 0 Å². The fourth-order valence-corrected chi connectivity index (χ4v) is 2.29. The molecule has 0 unspecified atom stereocenters. The van der Waals surface area contributed by atoms with Crippen LogP contribution in [-0.4, -0.2) is 4.92 Å². The van der Waals surface area contributed by atoms with Crippen LogP contribution < -0.4 is 10.5 Å². The van der Waals surface area contributed by atoms with Crippen LogP contribution in [0.4, 0.5) is 5.69 Å². The van der Waals surface area contributed by atoms with Crippen LogP contribution in [0.3, 0.4) is 0 Å². The molecule has 7 heteroatoms. The van der Waals surface area contributed by atoms with E-state index in [2.05, 4.69) is 0 Å². The summed E-state index contributed by atoms with van der Waals surface area (Å²) in [6, 6.07) is 7.94. The van der Waals surface area contributed by atoms with Crippen molar-refractivity contribution < 1.29 is 9.66 Å². The summed E-state index contributed by atoms with van der Waals surface area (Å²) in [6.07, 6.45) is 0. The summed E-state index contributed by atoms with van der Waals surface area (Å²) in [6.45, 7) is 2.24. The van der Waals surface area contributed by atoms with Crippen molar-refractivity contribution in [2.75, 3.05) is 0 Å². The largest absolute Gasteiger partial charge is 0.454 e. The molecule has 0 atom stereocenters. The summed E-state index contributed by atoms with van der Waals surface area (Å²) in [5.41, 5.74) is 7.17. The second-order valence-corrected chi connectivity index (χ2v) is 5.22. The molecule has 2 aromatic rings. The molecule has 0 amide bonds. The van der Waals surface area contributed by atoms with Gasteiger partial charge in [0.15, 0.2) is 5.75 Å². The molecule has 0 aliphatic carbocycles. The van der Waals surface area contributed by atoms with Gasteiger partial charge in [-0.15, -0.1) is 0 Å². The topological polar surface area (TPSA) is 78.4 Å². The molecule has 5 nitrogen and oxygen atoms in total. The lowest BCUT2D eigenvalue weighted by Crippen LogP contribution is -1.98. The number of rotatable bonds is 4. The highest BCUT2D eigenvalue weighted by Crippen LogP contribution is 2.40. The maximum absolute atomic E-state index is 10.7. The number of hydrogen-bond acceptors (Lipinski definition) is 4. The van der Waals surface area contributed by atoms with Gasteiger partial charge in [0, 0.05) is 18.7 Å². The van der Waals surface area contributed by atoms with Crippen molar-refractivity contribution in [3.05, 3.63) is 61.6 Å². The molecule has 2 aromatic carbocycles.